The van der Waals surface area contributed by atoms with E-state index >= 15 is 0 Å². The predicted molar refractivity (Wildman–Crippen MR) is 87.8 cm³/mol. The Morgan fingerprint density at radius 3 is 2.45 bits per heavy atom. The van der Waals surface area contributed by atoms with Crippen molar-refractivity contribution in [3.8, 4) is 0 Å². The van der Waals surface area contributed by atoms with Crippen molar-refractivity contribution in [3.63, 3.8) is 0 Å². The number of hydrogen-bond acceptors (Lipinski definition) is 5. The minimum Gasteiger partial charge on any atom is -0.346 e. The number of anilines is 1. The Kier molecular flexibility index (Phi) is 5.81. The first-order valence-electron chi connectivity index (χ1n) is 7.84. The van der Waals surface area contributed by atoms with Crippen LogP contribution in [0.3, 0.4) is 0 Å². The standard InChI is InChI=1S/C15H28N4S/c1-5-13-14(11-16-6-2)20-15(17-13)19-9-7-18(8-10-19)12(3)4/h12,16H,5-11H2,1-4H3. The number of aromatic nitrogens is 1. The van der Waals surface area contributed by atoms with Crippen LogP contribution in [-0.4, -0.2) is 48.6 Å². The predicted octanol–water partition coefficient (Wildman–Crippen LogP) is 2.35. The summed E-state index contributed by atoms with van der Waals surface area (Å²) in [4.78, 5) is 11.3. The third kappa shape index (κ3) is 3.71. The second kappa shape index (κ2) is 7.38. The van der Waals surface area contributed by atoms with Gasteiger partial charge in [-0.25, -0.2) is 4.98 Å². The zero-order chi connectivity index (χ0) is 14.5. The van der Waals surface area contributed by atoms with Crippen LogP contribution in [0.2, 0.25) is 0 Å². The molecule has 0 amide bonds. The molecule has 0 aliphatic carbocycles. The van der Waals surface area contributed by atoms with Gasteiger partial charge in [-0.05, 0) is 26.8 Å². The van der Waals surface area contributed by atoms with Gasteiger partial charge in [0.15, 0.2) is 5.13 Å². The van der Waals surface area contributed by atoms with Crippen molar-refractivity contribution in [1.29, 1.82) is 0 Å². The molecule has 1 N–H and O–H groups in total. The molecular formula is C15H28N4S. The Morgan fingerprint density at radius 1 is 1.20 bits per heavy atom. The number of nitrogens with one attached hydrogen (secondary N) is 1. The zero-order valence-electron chi connectivity index (χ0n) is 13.3. The number of thiazole rings is 1. The Hall–Kier alpha value is -0.650. The summed E-state index contributed by atoms with van der Waals surface area (Å²) in [6.45, 7) is 15.4. The maximum atomic E-state index is 4.86. The van der Waals surface area contributed by atoms with Crippen LogP contribution < -0.4 is 10.2 Å². The summed E-state index contributed by atoms with van der Waals surface area (Å²) in [6, 6.07) is 0.656. The van der Waals surface area contributed by atoms with Crippen LogP contribution in [-0.2, 0) is 13.0 Å². The van der Waals surface area contributed by atoms with Gasteiger partial charge in [-0.2, -0.15) is 0 Å². The Bertz CT molecular complexity index is 408. The molecule has 2 rings (SSSR count). The first-order chi connectivity index (χ1) is 9.65. The highest BCUT2D eigenvalue weighted by molar-refractivity contribution is 7.15. The Morgan fingerprint density at radius 2 is 1.90 bits per heavy atom. The van der Waals surface area contributed by atoms with E-state index < -0.39 is 0 Å². The van der Waals surface area contributed by atoms with Crippen molar-refractivity contribution in [2.24, 2.45) is 0 Å². The molecule has 0 spiro atoms. The molecule has 0 saturated carbocycles. The number of piperazine rings is 1. The third-order valence-electron chi connectivity index (χ3n) is 3.95. The van der Waals surface area contributed by atoms with Crippen molar-refractivity contribution in [3.05, 3.63) is 10.6 Å². The smallest absolute Gasteiger partial charge is 0.185 e. The quantitative estimate of drug-likeness (QED) is 0.873. The lowest BCUT2D eigenvalue weighted by atomic mass is 10.2. The highest BCUT2D eigenvalue weighted by Crippen LogP contribution is 2.27. The number of rotatable bonds is 6. The first kappa shape index (κ1) is 15.7. The van der Waals surface area contributed by atoms with E-state index in [1.165, 1.54) is 15.7 Å². The molecule has 0 aromatic carbocycles. The largest absolute Gasteiger partial charge is 0.346 e. The lowest BCUT2D eigenvalue weighted by Gasteiger charge is -2.36. The number of aryl methyl sites for hydroxylation is 1. The summed E-state index contributed by atoms with van der Waals surface area (Å²) in [5.74, 6) is 0. The summed E-state index contributed by atoms with van der Waals surface area (Å²) in [6.07, 6.45) is 1.03. The molecule has 0 radical (unpaired) electrons. The molecule has 5 heteroatoms. The van der Waals surface area contributed by atoms with Gasteiger partial charge >= 0.3 is 0 Å². The lowest BCUT2D eigenvalue weighted by molar-refractivity contribution is 0.209. The minimum atomic E-state index is 0.656. The van der Waals surface area contributed by atoms with Crippen molar-refractivity contribution in [2.75, 3.05) is 37.6 Å². The van der Waals surface area contributed by atoms with Crippen LogP contribution in [0, 0.1) is 0 Å². The summed E-state index contributed by atoms with van der Waals surface area (Å²) < 4.78 is 0. The van der Waals surface area contributed by atoms with Gasteiger partial charge in [0, 0.05) is 43.6 Å². The van der Waals surface area contributed by atoms with Gasteiger partial charge in [0.2, 0.25) is 0 Å². The highest BCUT2D eigenvalue weighted by atomic mass is 32.1. The molecule has 1 aromatic rings. The third-order valence-corrected chi connectivity index (χ3v) is 5.11. The molecule has 1 aliphatic heterocycles. The summed E-state index contributed by atoms with van der Waals surface area (Å²) in [7, 11) is 0. The Labute approximate surface area is 127 Å². The molecule has 0 unspecified atom stereocenters. The molecule has 114 valence electrons. The molecule has 0 bridgehead atoms. The molecule has 1 fully saturated rings. The van der Waals surface area contributed by atoms with E-state index in [2.05, 4.69) is 42.8 Å². The average molecular weight is 296 g/mol. The summed E-state index contributed by atoms with van der Waals surface area (Å²) in [5, 5.41) is 4.64. The van der Waals surface area contributed by atoms with Crippen molar-refractivity contribution >= 4 is 16.5 Å². The second-order valence-corrected chi connectivity index (χ2v) is 6.68. The van der Waals surface area contributed by atoms with E-state index in [0.29, 0.717) is 6.04 Å². The molecule has 2 heterocycles. The topological polar surface area (TPSA) is 31.4 Å². The fourth-order valence-corrected chi connectivity index (χ4v) is 3.76. The molecule has 20 heavy (non-hydrogen) atoms. The van der Waals surface area contributed by atoms with Gasteiger partial charge in [0.25, 0.3) is 0 Å². The van der Waals surface area contributed by atoms with Crippen molar-refractivity contribution in [2.45, 2.75) is 46.7 Å². The normalized spacial score (nSPS) is 17.1. The van der Waals surface area contributed by atoms with E-state index in [0.717, 1.165) is 45.7 Å². The fourth-order valence-electron chi connectivity index (χ4n) is 2.59. The molecule has 1 aliphatic rings. The molecular weight excluding hydrogens is 268 g/mol. The zero-order valence-corrected chi connectivity index (χ0v) is 14.1. The van der Waals surface area contributed by atoms with Crippen LogP contribution in [0.15, 0.2) is 0 Å². The SMILES string of the molecule is CCNCc1sc(N2CCN(C(C)C)CC2)nc1CC. The number of hydrogen-bond donors (Lipinski definition) is 1. The lowest BCUT2D eigenvalue weighted by Crippen LogP contribution is -2.48. The number of nitrogens with zero attached hydrogens (tertiary/aromatic N) is 3. The van der Waals surface area contributed by atoms with Gasteiger partial charge in [-0.3, -0.25) is 4.90 Å². The van der Waals surface area contributed by atoms with Gasteiger partial charge in [0.05, 0.1) is 5.69 Å². The maximum absolute atomic E-state index is 4.86. The van der Waals surface area contributed by atoms with E-state index in [1.54, 1.807) is 0 Å². The van der Waals surface area contributed by atoms with E-state index in [1.807, 2.05) is 11.3 Å². The maximum Gasteiger partial charge on any atom is 0.185 e. The van der Waals surface area contributed by atoms with E-state index in [4.69, 9.17) is 4.98 Å². The molecule has 1 saturated heterocycles. The van der Waals surface area contributed by atoms with E-state index in [9.17, 15) is 0 Å². The van der Waals surface area contributed by atoms with E-state index in [-0.39, 0.29) is 0 Å². The van der Waals surface area contributed by atoms with Crippen LogP contribution in [0.4, 0.5) is 5.13 Å². The van der Waals surface area contributed by atoms with Crippen LogP contribution in [0.5, 0.6) is 0 Å². The monoisotopic (exact) mass is 296 g/mol. The van der Waals surface area contributed by atoms with Gasteiger partial charge in [-0.15, -0.1) is 11.3 Å². The molecule has 1 aromatic heterocycles. The second-order valence-electron chi connectivity index (χ2n) is 5.62. The van der Waals surface area contributed by atoms with Crippen molar-refractivity contribution < 1.29 is 0 Å². The Balaban J connectivity index is 2.01. The average Bonchev–Trinajstić information content (AvgIpc) is 2.88. The van der Waals surface area contributed by atoms with Gasteiger partial charge in [0.1, 0.15) is 0 Å². The van der Waals surface area contributed by atoms with Gasteiger partial charge in [-0.1, -0.05) is 13.8 Å². The molecule has 4 nitrogen and oxygen atoms in total. The summed E-state index contributed by atoms with van der Waals surface area (Å²) in [5.41, 5.74) is 1.28. The van der Waals surface area contributed by atoms with Crippen LogP contribution in [0.1, 0.15) is 38.3 Å². The van der Waals surface area contributed by atoms with Crippen LogP contribution in [0.25, 0.3) is 0 Å². The highest BCUT2D eigenvalue weighted by Gasteiger charge is 2.22. The van der Waals surface area contributed by atoms with Gasteiger partial charge < -0.3 is 10.2 Å². The van der Waals surface area contributed by atoms with Crippen LogP contribution >= 0.6 is 11.3 Å². The van der Waals surface area contributed by atoms with Crippen molar-refractivity contribution in [1.82, 2.24) is 15.2 Å². The minimum absolute atomic E-state index is 0.656. The molecule has 0 atom stereocenters. The first-order valence-corrected chi connectivity index (χ1v) is 8.65. The fraction of sp³-hybridized carbons (Fsp3) is 0.800. The summed E-state index contributed by atoms with van der Waals surface area (Å²) >= 11 is 1.87.